The summed E-state index contributed by atoms with van der Waals surface area (Å²) in [5, 5.41) is 22.7. The molecule has 5 aliphatic rings. The van der Waals surface area contributed by atoms with Gasteiger partial charge in [-0.05, 0) is 79.4 Å². The molecule has 0 aromatic rings. The van der Waals surface area contributed by atoms with Crippen molar-refractivity contribution in [1.82, 2.24) is 0 Å². The average molecular weight is 407 g/mol. The summed E-state index contributed by atoms with van der Waals surface area (Å²) in [7, 11) is 0. The van der Waals surface area contributed by atoms with Crippen molar-refractivity contribution in [2.45, 2.75) is 51.6 Å². The van der Waals surface area contributed by atoms with Gasteiger partial charge in [0.25, 0.3) is 0 Å². The first-order chi connectivity index (χ1) is 12.7. The normalized spacial score (nSPS) is 49.9. The van der Waals surface area contributed by atoms with Crippen molar-refractivity contribution in [3.63, 3.8) is 0 Å². The SMILES string of the molecule is C[C@]12C=CC(=O)C=C1C=CC1C2CC[C@@]2(C)C1[C@H]1C[C@H]1[C@@]2(O)CCC(=O)[O-].[K+]. The van der Waals surface area contributed by atoms with Crippen LogP contribution in [0.3, 0.4) is 0 Å². The molecule has 1 N–H and O–H groups in total. The molecule has 0 aromatic carbocycles. The van der Waals surface area contributed by atoms with Crippen LogP contribution >= 0.6 is 0 Å². The molecule has 0 amide bonds. The van der Waals surface area contributed by atoms with Gasteiger partial charge in [-0.1, -0.05) is 32.1 Å². The summed E-state index contributed by atoms with van der Waals surface area (Å²) in [6, 6.07) is 0. The number of allylic oxidation sites excluding steroid dienone is 6. The molecule has 5 heteroatoms. The summed E-state index contributed by atoms with van der Waals surface area (Å²) in [6.45, 7) is 4.43. The Labute approximate surface area is 209 Å². The Kier molecular flexibility index (Phi) is 5.09. The molecule has 5 rings (SSSR count). The van der Waals surface area contributed by atoms with Crippen molar-refractivity contribution in [2.24, 2.45) is 40.4 Å². The zero-order valence-corrected chi connectivity index (χ0v) is 20.1. The molecule has 28 heavy (non-hydrogen) atoms. The molecule has 0 spiro atoms. The molecule has 0 aliphatic heterocycles. The van der Waals surface area contributed by atoms with Gasteiger partial charge in [0.2, 0.25) is 0 Å². The minimum absolute atomic E-state index is 0. The second kappa shape index (κ2) is 6.73. The molecular weight excluding hydrogens is 379 g/mol. The van der Waals surface area contributed by atoms with E-state index in [1.807, 2.05) is 0 Å². The van der Waals surface area contributed by atoms with Crippen LogP contribution < -0.4 is 56.5 Å². The molecule has 144 valence electrons. The topological polar surface area (TPSA) is 77.4 Å². The molecule has 0 aromatic heterocycles. The van der Waals surface area contributed by atoms with E-state index >= 15 is 0 Å². The summed E-state index contributed by atoms with van der Waals surface area (Å²) in [5.41, 5.74) is -0.147. The van der Waals surface area contributed by atoms with Crippen molar-refractivity contribution in [2.75, 3.05) is 0 Å². The fourth-order valence-electron chi connectivity index (χ4n) is 7.54. The van der Waals surface area contributed by atoms with Gasteiger partial charge in [0.15, 0.2) is 5.78 Å². The number of carboxylic acids is 1. The maximum Gasteiger partial charge on any atom is 1.00 e. The van der Waals surface area contributed by atoms with Crippen LogP contribution in [0.2, 0.25) is 0 Å². The van der Waals surface area contributed by atoms with E-state index in [1.165, 1.54) is 0 Å². The first-order valence-electron chi connectivity index (χ1n) is 10.3. The van der Waals surface area contributed by atoms with E-state index in [0.29, 0.717) is 30.1 Å². The predicted molar refractivity (Wildman–Crippen MR) is 98.1 cm³/mol. The predicted octanol–water partition coefficient (Wildman–Crippen LogP) is -0.809. The Balaban J connectivity index is 0.00000192. The van der Waals surface area contributed by atoms with E-state index in [4.69, 9.17) is 0 Å². The van der Waals surface area contributed by atoms with E-state index in [0.717, 1.165) is 24.8 Å². The van der Waals surface area contributed by atoms with Gasteiger partial charge in [0.05, 0.1) is 5.60 Å². The second-order valence-electron chi connectivity index (χ2n) is 9.95. The average Bonchev–Trinajstić information content (AvgIpc) is 3.37. The number of rotatable bonds is 3. The molecule has 3 fully saturated rings. The van der Waals surface area contributed by atoms with Crippen LogP contribution in [0.4, 0.5) is 0 Å². The van der Waals surface area contributed by atoms with Crippen LogP contribution in [0, 0.1) is 40.4 Å². The van der Waals surface area contributed by atoms with Gasteiger partial charge in [0.1, 0.15) is 0 Å². The van der Waals surface area contributed by atoms with Crippen LogP contribution in [-0.2, 0) is 9.59 Å². The molecule has 8 atom stereocenters. The Morgan fingerprint density at radius 1 is 1.29 bits per heavy atom. The van der Waals surface area contributed by atoms with Gasteiger partial charge in [0, 0.05) is 16.8 Å². The van der Waals surface area contributed by atoms with Gasteiger partial charge < -0.3 is 15.0 Å². The molecule has 3 saturated carbocycles. The summed E-state index contributed by atoms with van der Waals surface area (Å²) in [4.78, 5) is 22.9. The van der Waals surface area contributed by atoms with Crippen LogP contribution in [0.25, 0.3) is 0 Å². The quantitative estimate of drug-likeness (QED) is 0.622. The maximum atomic E-state index is 11.8. The number of carbonyl (C=O) groups excluding carboxylic acids is 2. The number of carboxylic acid groups (broad SMARTS) is 1. The van der Waals surface area contributed by atoms with Crippen molar-refractivity contribution < 1.29 is 71.2 Å². The van der Waals surface area contributed by atoms with Crippen LogP contribution in [0.5, 0.6) is 0 Å². The largest absolute Gasteiger partial charge is 1.00 e. The minimum atomic E-state index is -1.07. The number of aliphatic carboxylic acids is 1. The van der Waals surface area contributed by atoms with Crippen molar-refractivity contribution in [3.05, 3.63) is 36.0 Å². The van der Waals surface area contributed by atoms with Crippen LogP contribution in [-0.4, -0.2) is 22.5 Å². The first kappa shape index (κ1) is 21.2. The van der Waals surface area contributed by atoms with E-state index in [-0.39, 0.29) is 80.3 Å². The standard InChI is InChI=1S/C23H28O4.K/c1-21-8-5-14(24)11-13(21)3-4-15-17(21)6-9-22(2)20(15)16-12-18(16)23(22,27)10-7-19(25)26;/h3-5,8,11,15-18,20,27H,6-7,9-10,12H2,1-2H3,(H,25,26);/q;+1/p-1/t15?,16-,17?,18+,20?,21-,22-,23-;/m0./s1. The molecule has 5 aliphatic carbocycles. The number of hydrogen-bond acceptors (Lipinski definition) is 4. The zero-order valence-electron chi connectivity index (χ0n) is 17.0. The number of aliphatic hydroxyl groups is 1. The van der Waals surface area contributed by atoms with E-state index in [1.54, 1.807) is 12.2 Å². The monoisotopic (exact) mass is 406 g/mol. The van der Waals surface area contributed by atoms with Crippen LogP contribution in [0.15, 0.2) is 36.0 Å². The van der Waals surface area contributed by atoms with Crippen LogP contribution in [0.1, 0.15) is 46.0 Å². The fourth-order valence-corrected chi connectivity index (χ4v) is 7.54. The summed E-state index contributed by atoms with van der Waals surface area (Å²) >= 11 is 0. The summed E-state index contributed by atoms with van der Waals surface area (Å²) < 4.78 is 0. The Bertz CT molecular complexity index is 828. The Morgan fingerprint density at radius 2 is 2.04 bits per heavy atom. The van der Waals surface area contributed by atoms with E-state index in [9.17, 15) is 19.8 Å². The van der Waals surface area contributed by atoms with Gasteiger partial charge in [-0.15, -0.1) is 0 Å². The van der Waals surface area contributed by atoms with Gasteiger partial charge in [-0.2, -0.15) is 0 Å². The molecular formula is C23H27KO4. The van der Waals surface area contributed by atoms with Gasteiger partial charge in [-0.3, -0.25) is 4.79 Å². The third-order valence-electron chi connectivity index (χ3n) is 8.99. The van der Waals surface area contributed by atoms with E-state index in [2.05, 4.69) is 32.1 Å². The molecule has 4 nitrogen and oxygen atoms in total. The number of fused-ring (bicyclic) bond motifs is 7. The maximum absolute atomic E-state index is 11.8. The molecule has 0 heterocycles. The number of carbonyl (C=O) groups is 2. The Morgan fingerprint density at radius 3 is 2.75 bits per heavy atom. The number of ketones is 1. The smallest absolute Gasteiger partial charge is 0.550 e. The van der Waals surface area contributed by atoms with Gasteiger partial charge >= 0.3 is 51.4 Å². The zero-order chi connectivity index (χ0) is 19.2. The minimum Gasteiger partial charge on any atom is -0.550 e. The fraction of sp³-hybridized carbons (Fsp3) is 0.652. The van der Waals surface area contributed by atoms with Crippen molar-refractivity contribution >= 4 is 11.8 Å². The van der Waals surface area contributed by atoms with Crippen molar-refractivity contribution in [1.29, 1.82) is 0 Å². The molecule has 0 bridgehead atoms. The molecule has 0 radical (unpaired) electrons. The molecule has 3 unspecified atom stereocenters. The second-order valence-corrected chi connectivity index (χ2v) is 9.95. The van der Waals surface area contributed by atoms with E-state index < -0.39 is 11.6 Å². The third kappa shape index (κ3) is 2.66. The first-order valence-corrected chi connectivity index (χ1v) is 10.3. The summed E-state index contributed by atoms with van der Waals surface area (Å²) in [5.74, 6) is 0.893. The van der Waals surface area contributed by atoms with Gasteiger partial charge in [-0.25, -0.2) is 0 Å². The third-order valence-corrected chi connectivity index (χ3v) is 8.99. The van der Waals surface area contributed by atoms with Crippen molar-refractivity contribution in [3.8, 4) is 0 Å². The Hall–Kier alpha value is -0.0436. The molecule has 0 saturated heterocycles. The summed E-state index contributed by atoms with van der Waals surface area (Å²) in [6.07, 6.45) is 13.1. The number of hydrogen-bond donors (Lipinski definition) is 1.